The summed E-state index contributed by atoms with van der Waals surface area (Å²) in [6, 6.07) is 14.6. The molecule has 0 aromatic heterocycles. The van der Waals surface area contributed by atoms with E-state index < -0.39 is 21.7 Å². The zero-order valence-corrected chi connectivity index (χ0v) is 25.6. The summed E-state index contributed by atoms with van der Waals surface area (Å²) in [5.74, 6) is -0.249. The van der Waals surface area contributed by atoms with Crippen molar-refractivity contribution in [3.63, 3.8) is 0 Å². The Morgan fingerprint density at radius 2 is 1.76 bits per heavy atom. The molecule has 2 saturated heterocycles. The van der Waals surface area contributed by atoms with Crippen LogP contribution in [0.5, 0.6) is 0 Å². The van der Waals surface area contributed by atoms with E-state index >= 15 is 0 Å². The smallest absolute Gasteiger partial charge is 0.245 e. The van der Waals surface area contributed by atoms with Gasteiger partial charge in [-0.1, -0.05) is 60.8 Å². The van der Waals surface area contributed by atoms with E-state index in [0.29, 0.717) is 44.0 Å². The number of piperazine rings is 1. The molecule has 2 amide bonds. The Morgan fingerprint density at radius 1 is 1.05 bits per heavy atom. The molecule has 2 aromatic rings. The number of carbonyl (C=O) groups is 2. The van der Waals surface area contributed by atoms with E-state index in [-0.39, 0.29) is 35.4 Å². The van der Waals surface area contributed by atoms with Crippen LogP contribution < -0.4 is 15.4 Å². The number of rotatable bonds is 7. The first-order valence-corrected chi connectivity index (χ1v) is 17.0. The molecule has 42 heavy (non-hydrogen) atoms. The predicted octanol–water partition coefficient (Wildman–Crippen LogP) is 2.95. The number of benzene rings is 2. The number of carbonyl (C=O) groups excluding carboxylic acids is 2. The van der Waals surface area contributed by atoms with Crippen molar-refractivity contribution in [2.75, 3.05) is 26.2 Å². The van der Waals surface area contributed by atoms with Gasteiger partial charge in [-0.3, -0.25) is 14.5 Å². The third kappa shape index (κ3) is 5.84. The van der Waals surface area contributed by atoms with Gasteiger partial charge in [-0.25, -0.2) is 8.42 Å². The van der Waals surface area contributed by atoms with Crippen LogP contribution in [0.4, 0.5) is 0 Å². The van der Waals surface area contributed by atoms with Crippen molar-refractivity contribution in [3.05, 3.63) is 70.2 Å². The fourth-order valence-electron chi connectivity index (χ4n) is 7.52. The number of nitrogens with one attached hydrogen (secondary N) is 3. The predicted molar refractivity (Wildman–Crippen MR) is 162 cm³/mol. The Balaban J connectivity index is 1.13. The van der Waals surface area contributed by atoms with Gasteiger partial charge in [-0.15, -0.1) is 0 Å². The standard InChI is InChI=1S/C31H40ClN5O4S/c1-31(25-8-4-5-9-28(25)42(40,41)35-31)37-16-14-36(15-17-37)30(39)27(18-21-10-12-23(32)13-11-21)34-29(38)19-26-24-7-3-2-6-22(24)20-33-26/h2-3,6-7,10-13,25-28,33,35H,4-5,8-9,14-20H2,1H3,(H,34,38). The molecule has 0 bridgehead atoms. The molecule has 1 aliphatic carbocycles. The second kappa shape index (κ2) is 11.9. The maximum Gasteiger partial charge on any atom is 0.245 e. The number of amides is 2. The third-order valence-electron chi connectivity index (χ3n) is 9.77. The summed E-state index contributed by atoms with van der Waals surface area (Å²) in [6.45, 7) is 4.81. The molecule has 5 atom stereocenters. The largest absolute Gasteiger partial charge is 0.344 e. The van der Waals surface area contributed by atoms with Gasteiger partial charge in [0.2, 0.25) is 21.8 Å². The van der Waals surface area contributed by atoms with Crippen LogP contribution in [-0.4, -0.2) is 73.2 Å². The minimum Gasteiger partial charge on any atom is -0.344 e. The Hall–Kier alpha value is -2.50. The van der Waals surface area contributed by atoms with Crippen molar-refractivity contribution < 1.29 is 18.0 Å². The maximum atomic E-state index is 13.9. The maximum absolute atomic E-state index is 13.9. The highest BCUT2D eigenvalue weighted by Crippen LogP contribution is 2.44. The highest BCUT2D eigenvalue weighted by molar-refractivity contribution is 7.90. The summed E-state index contributed by atoms with van der Waals surface area (Å²) in [6.07, 6.45) is 4.20. The second-order valence-electron chi connectivity index (χ2n) is 12.3. The van der Waals surface area contributed by atoms with Crippen LogP contribution in [-0.2, 0) is 32.6 Å². The molecule has 3 heterocycles. The van der Waals surface area contributed by atoms with Crippen molar-refractivity contribution in [2.24, 2.45) is 5.92 Å². The molecule has 3 aliphatic heterocycles. The quantitative estimate of drug-likeness (QED) is 0.443. The van der Waals surface area contributed by atoms with E-state index in [1.54, 1.807) is 12.1 Å². The van der Waals surface area contributed by atoms with Crippen molar-refractivity contribution in [2.45, 2.75) is 75.0 Å². The van der Waals surface area contributed by atoms with E-state index in [2.05, 4.69) is 26.3 Å². The first-order chi connectivity index (χ1) is 20.1. The molecule has 226 valence electrons. The van der Waals surface area contributed by atoms with Gasteiger partial charge in [-0.2, -0.15) is 4.72 Å². The van der Waals surface area contributed by atoms with Gasteiger partial charge >= 0.3 is 0 Å². The Kier molecular flexibility index (Phi) is 8.36. The summed E-state index contributed by atoms with van der Waals surface area (Å²) in [4.78, 5) is 31.2. The van der Waals surface area contributed by atoms with Crippen molar-refractivity contribution >= 4 is 33.4 Å². The molecule has 0 radical (unpaired) electrons. The average molecular weight is 614 g/mol. The first-order valence-electron chi connectivity index (χ1n) is 15.1. The number of hydrogen-bond donors (Lipinski definition) is 3. The van der Waals surface area contributed by atoms with Gasteiger partial charge in [0, 0.05) is 62.5 Å². The molecule has 0 spiro atoms. The normalized spacial score (nSPS) is 29.5. The van der Waals surface area contributed by atoms with Crippen LogP contribution in [0.2, 0.25) is 5.02 Å². The lowest BCUT2D eigenvalue weighted by molar-refractivity contribution is -0.139. The van der Waals surface area contributed by atoms with Crippen LogP contribution in [0.15, 0.2) is 48.5 Å². The average Bonchev–Trinajstić information content (AvgIpc) is 3.49. The molecule has 4 aliphatic rings. The summed E-state index contributed by atoms with van der Waals surface area (Å²) in [5, 5.41) is 6.74. The Labute approximate surface area is 253 Å². The Morgan fingerprint density at radius 3 is 2.52 bits per heavy atom. The van der Waals surface area contributed by atoms with Crippen molar-refractivity contribution in [1.82, 2.24) is 25.2 Å². The van der Waals surface area contributed by atoms with Crippen LogP contribution in [0.25, 0.3) is 0 Å². The molecule has 3 fully saturated rings. The first kappa shape index (κ1) is 29.6. The fourth-order valence-corrected chi connectivity index (χ4v) is 9.96. The number of nitrogens with zero attached hydrogens (tertiary/aromatic N) is 2. The molecule has 9 nitrogen and oxygen atoms in total. The van der Waals surface area contributed by atoms with Crippen LogP contribution >= 0.6 is 11.6 Å². The van der Waals surface area contributed by atoms with Gasteiger partial charge in [0.15, 0.2) is 0 Å². The summed E-state index contributed by atoms with van der Waals surface area (Å²) < 4.78 is 28.9. The summed E-state index contributed by atoms with van der Waals surface area (Å²) >= 11 is 6.09. The van der Waals surface area contributed by atoms with E-state index in [1.165, 1.54) is 5.56 Å². The lowest BCUT2D eigenvalue weighted by atomic mass is 9.79. The highest BCUT2D eigenvalue weighted by Gasteiger charge is 2.57. The SMILES string of the molecule is CC1(N2CCN(C(=O)C(Cc3ccc(Cl)cc3)NC(=O)CC3NCc4ccccc43)CC2)NS(=O)(=O)C2CCCCC21. The molecular weight excluding hydrogens is 574 g/mol. The van der Waals surface area contributed by atoms with Gasteiger partial charge < -0.3 is 15.5 Å². The van der Waals surface area contributed by atoms with E-state index in [9.17, 15) is 18.0 Å². The topological polar surface area (TPSA) is 111 Å². The van der Waals surface area contributed by atoms with E-state index in [1.807, 2.05) is 42.2 Å². The molecule has 3 N–H and O–H groups in total. The number of sulfonamides is 1. The number of hydrogen-bond acceptors (Lipinski definition) is 6. The zero-order chi connectivity index (χ0) is 29.5. The molecule has 11 heteroatoms. The minimum absolute atomic E-state index is 0.0461. The van der Waals surface area contributed by atoms with Crippen LogP contribution in [0, 0.1) is 5.92 Å². The van der Waals surface area contributed by atoms with Crippen molar-refractivity contribution in [3.8, 4) is 0 Å². The second-order valence-corrected chi connectivity index (χ2v) is 14.7. The lowest BCUT2D eigenvalue weighted by Gasteiger charge is -2.47. The Bertz CT molecular complexity index is 1430. The molecule has 2 aromatic carbocycles. The van der Waals surface area contributed by atoms with E-state index in [4.69, 9.17) is 11.6 Å². The fraction of sp³-hybridized carbons (Fsp3) is 0.548. The van der Waals surface area contributed by atoms with Gasteiger partial charge in [0.1, 0.15) is 6.04 Å². The van der Waals surface area contributed by atoms with Crippen LogP contribution in [0.1, 0.15) is 61.8 Å². The highest BCUT2D eigenvalue weighted by atomic mass is 35.5. The number of fused-ring (bicyclic) bond motifs is 2. The number of halogens is 1. The molecule has 6 rings (SSSR count). The lowest BCUT2D eigenvalue weighted by Crippen LogP contribution is -2.64. The summed E-state index contributed by atoms with van der Waals surface area (Å²) in [7, 11) is -3.36. The monoisotopic (exact) mass is 613 g/mol. The van der Waals surface area contributed by atoms with Crippen LogP contribution in [0.3, 0.4) is 0 Å². The van der Waals surface area contributed by atoms with Gasteiger partial charge in [-0.05, 0) is 48.6 Å². The molecule has 1 saturated carbocycles. The van der Waals surface area contributed by atoms with Crippen molar-refractivity contribution in [1.29, 1.82) is 0 Å². The summed E-state index contributed by atoms with van der Waals surface area (Å²) in [5.41, 5.74) is 2.60. The molecule has 5 unspecified atom stereocenters. The van der Waals surface area contributed by atoms with Gasteiger partial charge in [0.05, 0.1) is 10.9 Å². The van der Waals surface area contributed by atoms with Gasteiger partial charge in [0.25, 0.3) is 0 Å². The zero-order valence-electron chi connectivity index (χ0n) is 24.0. The minimum atomic E-state index is -3.36. The van der Waals surface area contributed by atoms with E-state index in [0.717, 1.165) is 36.9 Å². The molecular formula is C31H40ClN5O4S. The third-order valence-corrected chi connectivity index (χ3v) is 12.1.